The van der Waals surface area contributed by atoms with Crippen LogP contribution >= 0.6 is 11.6 Å². The van der Waals surface area contributed by atoms with Gasteiger partial charge >= 0.3 is 0 Å². The van der Waals surface area contributed by atoms with Crippen LogP contribution in [0.2, 0.25) is 5.02 Å². The second-order valence-electron chi connectivity index (χ2n) is 3.35. The summed E-state index contributed by atoms with van der Waals surface area (Å²) in [6.07, 6.45) is -0.386. The van der Waals surface area contributed by atoms with E-state index in [1.54, 1.807) is 0 Å². The van der Waals surface area contributed by atoms with Gasteiger partial charge in [0.05, 0.1) is 12.2 Å². The van der Waals surface area contributed by atoms with Gasteiger partial charge in [0.2, 0.25) is 0 Å². The van der Waals surface area contributed by atoms with E-state index in [-0.39, 0.29) is 12.1 Å². The minimum absolute atomic E-state index is 0.346. The van der Waals surface area contributed by atoms with Gasteiger partial charge in [-0.15, -0.1) is 0 Å². The first-order valence-electron chi connectivity index (χ1n) is 5.59. The number of hydrogen-bond acceptors (Lipinski definition) is 3. The maximum atomic E-state index is 13.4. The molecule has 96 valence electrons. The Kier molecular flexibility index (Phi) is 6.26. The van der Waals surface area contributed by atoms with Crippen LogP contribution in [0.25, 0.3) is 0 Å². The van der Waals surface area contributed by atoms with E-state index in [9.17, 15) is 4.39 Å². The van der Waals surface area contributed by atoms with E-state index < -0.39 is 0 Å². The topological polar surface area (TPSA) is 30.5 Å². The lowest BCUT2D eigenvalue weighted by Crippen LogP contribution is -2.26. The SMILES string of the molecule is CCOC(CNc1cc(Cl)ccc1F)OCC. The Bertz CT molecular complexity index is 343. The van der Waals surface area contributed by atoms with Crippen molar-refractivity contribution in [3.63, 3.8) is 0 Å². The molecule has 0 saturated heterocycles. The molecule has 0 radical (unpaired) electrons. The lowest BCUT2D eigenvalue weighted by Gasteiger charge is -2.18. The van der Waals surface area contributed by atoms with Gasteiger partial charge in [-0.1, -0.05) is 11.6 Å². The predicted molar refractivity (Wildman–Crippen MR) is 66.9 cm³/mol. The first-order chi connectivity index (χ1) is 8.17. The van der Waals surface area contributed by atoms with Crippen molar-refractivity contribution in [3.8, 4) is 0 Å². The van der Waals surface area contributed by atoms with Crippen molar-refractivity contribution in [2.45, 2.75) is 20.1 Å². The molecule has 0 amide bonds. The molecule has 1 rings (SSSR count). The summed E-state index contributed by atoms with van der Waals surface area (Å²) in [5.74, 6) is -0.346. The van der Waals surface area contributed by atoms with Crippen molar-refractivity contribution in [2.75, 3.05) is 25.1 Å². The highest BCUT2D eigenvalue weighted by Gasteiger charge is 2.09. The molecule has 3 nitrogen and oxygen atoms in total. The third-order valence-electron chi connectivity index (χ3n) is 2.09. The van der Waals surface area contributed by atoms with Crippen LogP contribution in [-0.4, -0.2) is 26.0 Å². The summed E-state index contributed by atoms with van der Waals surface area (Å²) in [5, 5.41) is 3.40. The Morgan fingerprint density at radius 3 is 2.53 bits per heavy atom. The smallest absolute Gasteiger partial charge is 0.174 e. The number of rotatable bonds is 7. The Hall–Kier alpha value is -0.840. The van der Waals surface area contributed by atoms with E-state index in [2.05, 4.69) is 5.32 Å². The molecular formula is C12H17ClFNO2. The highest BCUT2D eigenvalue weighted by molar-refractivity contribution is 6.30. The van der Waals surface area contributed by atoms with Crippen LogP contribution in [0, 0.1) is 5.82 Å². The minimum Gasteiger partial charge on any atom is -0.378 e. The lowest BCUT2D eigenvalue weighted by atomic mass is 10.3. The summed E-state index contributed by atoms with van der Waals surface area (Å²) < 4.78 is 24.1. The van der Waals surface area contributed by atoms with E-state index >= 15 is 0 Å². The minimum atomic E-state index is -0.386. The van der Waals surface area contributed by atoms with Gasteiger partial charge in [0.25, 0.3) is 0 Å². The maximum Gasteiger partial charge on any atom is 0.174 e. The van der Waals surface area contributed by atoms with Crippen molar-refractivity contribution in [3.05, 3.63) is 29.0 Å². The molecule has 5 heteroatoms. The lowest BCUT2D eigenvalue weighted by molar-refractivity contribution is -0.126. The largest absolute Gasteiger partial charge is 0.378 e. The van der Waals surface area contributed by atoms with Crippen LogP contribution in [0.3, 0.4) is 0 Å². The molecule has 0 atom stereocenters. The van der Waals surface area contributed by atoms with Crippen molar-refractivity contribution in [2.24, 2.45) is 0 Å². The van der Waals surface area contributed by atoms with Crippen LogP contribution in [0.5, 0.6) is 0 Å². The number of halogens is 2. The van der Waals surface area contributed by atoms with Gasteiger partial charge in [0.15, 0.2) is 6.29 Å². The van der Waals surface area contributed by atoms with Crippen LogP contribution in [0.4, 0.5) is 10.1 Å². The van der Waals surface area contributed by atoms with Crippen molar-refractivity contribution in [1.82, 2.24) is 0 Å². The first-order valence-corrected chi connectivity index (χ1v) is 5.97. The van der Waals surface area contributed by atoms with Gasteiger partial charge in [-0.05, 0) is 32.0 Å². The highest BCUT2D eigenvalue weighted by atomic mass is 35.5. The molecule has 0 unspecified atom stereocenters. The zero-order valence-electron chi connectivity index (χ0n) is 10.0. The Morgan fingerprint density at radius 1 is 1.29 bits per heavy atom. The molecule has 0 heterocycles. The number of benzene rings is 1. The quantitative estimate of drug-likeness (QED) is 0.764. The average molecular weight is 262 g/mol. The Labute approximate surface area is 106 Å². The van der Waals surface area contributed by atoms with Gasteiger partial charge in [-0.25, -0.2) is 4.39 Å². The van der Waals surface area contributed by atoms with Crippen molar-refractivity contribution < 1.29 is 13.9 Å². The number of anilines is 1. The molecule has 0 aliphatic carbocycles. The monoisotopic (exact) mass is 261 g/mol. The van der Waals surface area contributed by atoms with Crippen LogP contribution in [0.1, 0.15) is 13.8 Å². The summed E-state index contributed by atoms with van der Waals surface area (Å²) in [6.45, 7) is 5.23. The normalized spacial score (nSPS) is 10.9. The summed E-state index contributed by atoms with van der Waals surface area (Å²) in [5.41, 5.74) is 0.349. The van der Waals surface area contributed by atoms with Gasteiger partial charge in [-0.2, -0.15) is 0 Å². The first kappa shape index (κ1) is 14.2. The predicted octanol–water partition coefficient (Wildman–Crippen LogP) is 3.29. The molecule has 0 bridgehead atoms. The molecule has 0 fully saturated rings. The van der Waals surface area contributed by atoms with Gasteiger partial charge < -0.3 is 14.8 Å². The van der Waals surface area contributed by atoms with E-state index in [0.29, 0.717) is 30.5 Å². The molecule has 0 saturated carbocycles. The zero-order valence-corrected chi connectivity index (χ0v) is 10.8. The fraction of sp³-hybridized carbons (Fsp3) is 0.500. The van der Waals surface area contributed by atoms with Crippen LogP contribution in [-0.2, 0) is 9.47 Å². The van der Waals surface area contributed by atoms with Gasteiger partial charge in [0, 0.05) is 18.2 Å². The highest BCUT2D eigenvalue weighted by Crippen LogP contribution is 2.19. The van der Waals surface area contributed by atoms with Crippen LogP contribution in [0.15, 0.2) is 18.2 Å². The second-order valence-corrected chi connectivity index (χ2v) is 3.78. The molecule has 0 aliphatic heterocycles. The maximum absolute atomic E-state index is 13.4. The fourth-order valence-corrected chi connectivity index (χ4v) is 1.54. The number of ether oxygens (including phenoxy) is 2. The number of hydrogen-bond donors (Lipinski definition) is 1. The van der Waals surface area contributed by atoms with E-state index in [4.69, 9.17) is 21.1 Å². The van der Waals surface area contributed by atoms with Gasteiger partial charge in [-0.3, -0.25) is 0 Å². The second kappa shape index (κ2) is 7.48. The van der Waals surface area contributed by atoms with Crippen LogP contribution < -0.4 is 5.32 Å². The summed E-state index contributed by atoms with van der Waals surface area (Å²) in [6, 6.07) is 4.36. The molecule has 0 aliphatic rings. The molecule has 0 spiro atoms. The van der Waals surface area contributed by atoms with E-state index in [0.717, 1.165) is 0 Å². The Balaban J connectivity index is 2.55. The summed E-state index contributed by atoms with van der Waals surface area (Å²) in [4.78, 5) is 0. The summed E-state index contributed by atoms with van der Waals surface area (Å²) >= 11 is 5.79. The van der Waals surface area contributed by atoms with Gasteiger partial charge in [0.1, 0.15) is 5.82 Å². The van der Waals surface area contributed by atoms with Crippen molar-refractivity contribution in [1.29, 1.82) is 0 Å². The summed E-state index contributed by atoms with van der Waals surface area (Å²) in [7, 11) is 0. The molecule has 0 aromatic heterocycles. The Morgan fingerprint density at radius 2 is 1.94 bits per heavy atom. The molecule has 1 N–H and O–H groups in total. The van der Waals surface area contributed by atoms with E-state index in [1.807, 2.05) is 13.8 Å². The standard InChI is InChI=1S/C12H17ClFNO2/c1-3-16-12(17-4-2)8-15-11-7-9(13)5-6-10(11)14/h5-7,12,15H,3-4,8H2,1-2H3. The number of nitrogens with one attached hydrogen (secondary N) is 1. The molecule has 1 aromatic carbocycles. The average Bonchev–Trinajstić information content (AvgIpc) is 2.30. The van der Waals surface area contributed by atoms with Crippen molar-refractivity contribution >= 4 is 17.3 Å². The third-order valence-corrected chi connectivity index (χ3v) is 2.33. The molecule has 1 aromatic rings. The molecule has 17 heavy (non-hydrogen) atoms. The van der Waals surface area contributed by atoms with E-state index in [1.165, 1.54) is 18.2 Å². The molecular weight excluding hydrogens is 245 g/mol. The fourth-order valence-electron chi connectivity index (χ4n) is 1.36. The third kappa shape index (κ3) is 4.89. The zero-order chi connectivity index (χ0) is 12.7.